The van der Waals surface area contributed by atoms with Gasteiger partial charge in [0.2, 0.25) is 5.91 Å². The van der Waals surface area contributed by atoms with E-state index < -0.39 is 11.2 Å². The van der Waals surface area contributed by atoms with Crippen molar-refractivity contribution in [2.24, 2.45) is 0 Å². The van der Waals surface area contributed by atoms with Gasteiger partial charge in [-0.25, -0.2) is 4.79 Å². The van der Waals surface area contributed by atoms with Crippen LogP contribution in [0.1, 0.15) is 18.5 Å². The summed E-state index contributed by atoms with van der Waals surface area (Å²) in [5.41, 5.74) is 0.356. The summed E-state index contributed by atoms with van der Waals surface area (Å²) in [6.45, 7) is 1.73. The van der Waals surface area contributed by atoms with E-state index in [4.69, 9.17) is 0 Å². The van der Waals surface area contributed by atoms with Gasteiger partial charge in [-0.05, 0) is 41.5 Å². The standard InChI is InChI=1S/C22H19N3O3/c1-14(16-11-10-15-6-2-3-7-17(15)12-16)23-20(26)13-25-19-9-5-4-8-18(19)21(27)24-22(25)28/h2-12,14H,13H2,1H3,(H,23,26)(H,24,27,28)/t14-/m1/s1. The number of fused-ring (bicyclic) bond motifs is 2. The van der Waals surface area contributed by atoms with E-state index in [0.29, 0.717) is 10.9 Å². The van der Waals surface area contributed by atoms with E-state index in [1.807, 2.05) is 49.4 Å². The minimum Gasteiger partial charge on any atom is -0.348 e. The molecule has 6 nitrogen and oxygen atoms in total. The van der Waals surface area contributed by atoms with Crippen LogP contribution in [0, 0.1) is 0 Å². The molecule has 1 atom stereocenters. The fourth-order valence-electron chi connectivity index (χ4n) is 3.39. The number of carbonyl (C=O) groups is 1. The zero-order valence-electron chi connectivity index (χ0n) is 15.3. The number of aromatic nitrogens is 2. The van der Waals surface area contributed by atoms with Crippen molar-refractivity contribution in [2.45, 2.75) is 19.5 Å². The lowest BCUT2D eigenvalue weighted by Crippen LogP contribution is -2.37. The molecule has 0 unspecified atom stereocenters. The number of nitrogens with zero attached hydrogens (tertiary/aromatic N) is 1. The molecule has 0 saturated heterocycles. The number of para-hydroxylation sites is 1. The maximum absolute atomic E-state index is 12.6. The maximum atomic E-state index is 12.6. The molecule has 0 spiro atoms. The predicted octanol–water partition coefficient (Wildman–Crippen LogP) is 2.72. The summed E-state index contributed by atoms with van der Waals surface area (Å²) in [5.74, 6) is -0.306. The Bertz CT molecular complexity index is 1300. The summed E-state index contributed by atoms with van der Waals surface area (Å²) in [6, 6.07) is 20.6. The molecule has 0 fully saturated rings. The largest absolute Gasteiger partial charge is 0.348 e. The van der Waals surface area contributed by atoms with Crippen LogP contribution in [0.4, 0.5) is 0 Å². The van der Waals surface area contributed by atoms with Crippen molar-refractivity contribution in [1.82, 2.24) is 14.9 Å². The molecule has 6 heteroatoms. The van der Waals surface area contributed by atoms with E-state index in [1.54, 1.807) is 24.3 Å². The SMILES string of the molecule is C[C@@H](NC(=O)Cn1c(=O)[nH]c(=O)c2ccccc21)c1ccc2ccccc2c1. The third-order valence-corrected chi connectivity index (χ3v) is 4.86. The first-order valence-electron chi connectivity index (χ1n) is 9.03. The van der Waals surface area contributed by atoms with Gasteiger partial charge < -0.3 is 5.32 Å². The Hall–Kier alpha value is -3.67. The average Bonchev–Trinajstić information content (AvgIpc) is 2.70. The second kappa shape index (κ2) is 7.15. The number of hydrogen-bond donors (Lipinski definition) is 2. The molecule has 1 amide bonds. The number of benzene rings is 3. The van der Waals surface area contributed by atoms with E-state index in [0.717, 1.165) is 16.3 Å². The predicted molar refractivity (Wildman–Crippen MR) is 109 cm³/mol. The number of H-pyrrole nitrogens is 1. The molecule has 140 valence electrons. The maximum Gasteiger partial charge on any atom is 0.329 e. The van der Waals surface area contributed by atoms with Crippen molar-refractivity contribution in [3.05, 3.63) is 93.1 Å². The zero-order valence-corrected chi connectivity index (χ0v) is 15.3. The van der Waals surface area contributed by atoms with Gasteiger partial charge in [0, 0.05) is 0 Å². The first-order valence-corrected chi connectivity index (χ1v) is 9.03. The number of aromatic amines is 1. The van der Waals surface area contributed by atoms with Crippen LogP contribution in [-0.2, 0) is 11.3 Å². The summed E-state index contributed by atoms with van der Waals surface area (Å²) >= 11 is 0. The van der Waals surface area contributed by atoms with Crippen LogP contribution in [0.2, 0.25) is 0 Å². The molecule has 0 aliphatic carbocycles. The average molecular weight is 373 g/mol. The molecule has 2 N–H and O–H groups in total. The topological polar surface area (TPSA) is 84.0 Å². The number of carbonyl (C=O) groups excluding carboxylic acids is 1. The number of rotatable bonds is 4. The summed E-state index contributed by atoms with van der Waals surface area (Å²) in [7, 11) is 0. The van der Waals surface area contributed by atoms with Crippen molar-refractivity contribution < 1.29 is 4.79 Å². The molecule has 0 aliphatic heterocycles. The highest BCUT2D eigenvalue weighted by molar-refractivity contribution is 5.84. The lowest BCUT2D eigenvalue weighted by molar-refractivity contribution is -0.122. The van der Waals surface area contributed by atoms with Gasteiger partial charge >= 0.3 is 5.69 Å². The van der Waals surface area contributed by atoms with E-state index in [1.165, 1.54) is 4.57 Å². The van der Waals surface area contributed by atoms with Crippen molar-refractivity contribution in [3.63, 3.8) is 0 Å². The first kappa shape index (κ1) is 17.7. The Kier molecular flexibility index (Phi) is 4.53. The van der Waals surface area contributed by atoms with E-state index in [-0.39, 0.29) is 18.5 Å². The molecule has 0 saturated carbocycles. The van der Waals surface area contributed by atoms with E-state index in [2.05, 4.69) is 10.3 Å². The fraction of sp³-hybridized carbons (Fsp3) is 0.136. The highest BCUT2D eigenvalue weighted by Gasteiger charge is 2.14. The Morgan fingerprint density at radius 1 is 1.00 bits per heavy atom. The molecule has 3 aromatic carbocycles. The van der Waals surface area contributed by atoms with Gasteiger partial charge in [0.05, 0.1) is 16.9 Å². The van der Waals surface area contributed by atoms with Gasteiger partial charge in [0.1, 0.15) is 6.54 Å². The van der Waals surface area contributed by atoms with Gasteiger partial charge in [0.25, 0.3) is 5.56 Å². The minimum atomic E-state index is -0.600. The quantitative estimate of drug-likeness (QED) is 0.577. The molecule has 0 bridgehead atoms. The molecule has 1 aromatic heterocycles. The van der Waals surface area contributed by atoms with Gasteiger partial charge in [-0.3, -0.25) is 19.1 Å². The number of nitrogens with one attached hydrogen (secondary N) is 2. The molecule has 4 rings (SSSR count). The molecule has 0 aliphatic rings. The molecular formula is C22H19N3O3. The Labute approximate surface area is 160 Å². The zero-order chi connectivity index (χ0) is 19.7. The van der Waals surface area contributed by atoms with Crippen LogP contribution in [0.5, 0.6) is 0 Å². The second-order valence-electron chi connectivity index (χ2n) is 6.76. The highest BCUT2D eigenvalue weighted by atomic mass is 16.2. The summed E-state index contributed by atoms with van der Waals surface area (Å²) in [5, 5.41) is 5.53. The summed E-state index contributed by atoms with van der Waals surface area (Å²) < 4.78 is 1.28. The highest BCUT2D eigenvalue weighted by Crippen LogP contribution is 2.20. The van der Waals surface area contributed by atoms with Crippen LogP contribution in [0.25, 0.3) is 21.7 Å². The molecule has 4 aromatic rings. The van der Waals surface area contributed by atoms with Gasteiger partial charge in [-0.2, -0.15) is 0 Å². The lowest BCUT2D eigenvalue weighted by Gasteiger charge is -2.16. The van der Waals surface area contributed by atoms with Gasteiger partial charge in [-0.1, -0.05) is 48.5 Å². The van der Waals surface area contributed by atoms with Crippen LogP contribution >= 0.6 is 0 Å². The van der Waals surface area contributed by atoms with Crippen molar-refractivity contribution in [1.29, 1.82) is 0 Å². The minimum absolute atomic E-state index is 0.173. The third kappa shape index (κ3) is 3.32. The molecule has 0 radical (unpaired) electrons. The lowest BCUT2D eigenvalue weighted by atomic mass is 10.0. The normalized spacial score (nSPS) is 12.2. The molecule has 1 heterocycles. The third-order valence-electron chi connectivity index (χ3n) is 4.86. The Morgan fingerprint density at radius 2 is 1.71 bits per heavy atom. The summed E-state index contributed by atoms with van der Waals surface area (Å²) in [6.07, 6.45) is 0. The van der Waals surface area contributed by atoms with E-state index >= 15 is 0 Å². The van der Waals surface area contributed by atoms with Gasteiger partial charge in [-0.15, -0.1) is 0 Å². The Morgan fingerprint density at radius 3 is 2.54 bits per heavy atom. The van der Waals surface area contributed by atoms with Crippen molar-refractivity contribution >= 4 is 27.6 Å². The van der Waals surface area contributed by atoms with Crippen molar-refractivity contribution in [2.75, 3.05) is 0 Å². The van der Waals surface area contributed by atoms with E-state index in [9.17, 15) is 14.4 Å². The summed E-state index contributed by atoms with van der Waals surface area (Å²) in [4.78, 5) is 39.0. The number of hydrogen-bond acceptors (Lipinski definition) is 3. The van der Waals surface area contributed by atoms with Crippen LogP contribution < -0.4 is 16.6 Å². The van der Waals surface area contributed by atoms with Crippen LogP contribution in [0.3, 0.4) is 0 Å². The van der Waals surface area contributed by atoms with Crippen LogP contribution in [-0.4, -0.2) is 15.5 Å². The Balaban J connectivity index is 1.58. The molecular weight excluding hydrogens is 354 g/mol. The first-order chi connectivity index (χ1) is 13.5. The monoisotopic (exact) mass is 373 g/mol. The molecule has 28 heavy (non-hydrogen) atoms. The smallest absolute Gasteiger partial charge is 0.329 e. The second-order valence-corrected chi connectivity index (χ2v) is 6.76. The van der Waals surface area contributed by atoms with Crippen LogP contribution in [0.15, 0.2) is 76.3 Å². The van der Waals surface area contributed by atoms with Crippen molar-refractivity contribution in [3.8, 4) is 0 Å². The van der Waals surface area contributed by atoms with Gasteiger partial charge in [0.15, 0.2) is 0 Å². The number of amides is 1. The fourth-order valence-corrected chi connectivity index (χ4v) is 3.39.